The molecule has 2 rings (SSSR count). The third-order valence-electron chi connectivity index (χ3n) is 3.13. The van der Waals surface area contributed by atoms with Crippen LogP contribution in [-0.2, 0) is 4.79 Å². The normalized spacial score (nSPS) is 11.7. The van der Waals surface area contributed by atoms with Crippen molar-refractivity contribution < 1.29 is 23.1 Å². The number of para-hydroxylation sites is 1. The molecule has 1 N–H and O–H groups in total. The van der Waals surface area contributed by atoms with Crippen molar-refractivity contribution in [1.82, 2.24) is 0 Å². The van der Waals surface area contributed by atoms with Gasteiger partial charge in [0.15, 0.2) is 11.9 Å². The second-order valence-corrected chi connectivity index (χ2v) is 4.93. The fourth-order valence-electron chi connectivity index (χ4n) is 1.89. The second-order valence-electron chi connectivity index (χ2n) is 4.93. The highest BCUT2D eigenvalue weighted by atomic mass is 19.1. The first kappa shape index (κ1) is 16.6. The van der Waals surface area contributed by atoms with Crippen LogP contribution in [0.3, 0.4) is 0 Å². The van der Waals surface area contributed by atoms with Crippen molar-refractivity contribution in [3.63, 3.8) is 0 Å². The van der Waals surface area contributed by atoms with Gasteiger partial charge in [-0.15, -0.1) is 0 Å². The average Bonchev–Trinajstić information content (AvgIpc) is 2.51. The van der Waals surface area contributed by atoms with Crippen molar-refractivity contribution in [2.75, 3.05) is 5.32 Å². The Morgan fingerprint density at radius 1 is 1.09 bits per heavy atom. The molecule has 0 heterocycles. The zero-order valence-corrected chi connectivity index (χ0v) is 12.6. The Morgan fingerprint density at radius 2 is 1.70 bits per heavy atom. The van der Waals surface area contributed by atoms with E-state index in [9.17, 15) is 18.4 Å². The number of hydrogen-bond donors (Lipinski definition) is 1. The number of ether oxygens (including phenoxy) is 1. The molecule has 4 nitrogen and oxygen atoms in total. The number of carbonyl (C=O) groups excluding carboxylic acids is 2. The lowest BCUT2D eigenvalue weighted by atomic mass is 10.1. The Balaban J connectivity index is 2.08. The zero-order chi connectivity index (χ0) is 17.0. The van der Waals surface area contributed by atoms with Gasteiger partial charge in [0.1, 0.15) is 23.1 Å². The van der Waals surface area contributed by atoms with Crippen LogP contribution in [-0.4, -0.2) is 17.8 Å². The minimum Gasteiger partial charge on any atom is -0.481 e. The number of anilines is 1. The van der Waals surface area contributed by atoms with Crippen LogP contribution < -0.4 is 10.1 Å². The Bertz CT molecular complexity index is 726. The van der Waals surface area contributed by atoms with Crippen molar-refractivity contribution in [2.45, 2.75) is 20.0 Å². The quantitative estimate of drug-likeness (QED) is 0.857. The van der Waals surface area contributed by atoms with Gasteiger partial charge in [0.25, 0.3) is 5.91 Å². The van der Waals surface area contributed by atoms with Crippen LogP contribution in [0.4, 0.5) is 14.5 Å². The molecule has 0 aliphatic carbocycles. The van der Waals surface area contributed by atoms with Crippen LogP contribution in [0, 0.1) is 11.6 Å². The van der Waals surface area contributed by atoms with Crippen molar-refractivity contribution in [3.8, 4) is 5.75 Å². The molecule has 0 unspecified atom stereocenters. The monoisotopic (exact) mass is 319 g/mol. The first-order valence-corrected chi connectivity index (χ1v) is 6.91. The molecular weight excluding hydrogens is 304 g/mol. The van der Waals surface area contributed by atoms with Gasteiger partial charge in [0.05, 0.1) is 0 Å². The van der Waals surface area contributed by atoms with E-state index in [1.807, 2.05) is 0 Å². The maximum Gasteiger partial charge on any atom is 0.265 e. The van der Waals surface area contributed by atoms with Gasteiger partial charge in [0.2, 0.25) is 0 Å². The molecule has 0 bridgehead atoms. The summed E-state index contributed by atoms with van der Waals surface area (Å²) >= 11 is 0. The molecule has 23 heavy (non-hydrogen) atoms. The number of amides is 1. The van der Waals surface area contributed by atoms with E-state index in [-0.39, 0.29) is 5.78 Å². The standard InChI is InChI=1S/C17H15F2NO3/c1-10(21)12-5-3-6-13(9-12)23-11(2)17(22)20-16-14(18)7-4-8-15(16)19/h3-9,11H,1-2H3,(H,20,22)/t11-/m1/s1. The van der Waals surface area contributed by atoms with Crippen LogP contribution >= 0.6 is 0 Å². The highest BCUT2D eigenvalue weighted by Gasteiger charge is 2.19. The number of nitrogens with one attached hydrogen (secondary N) is 1. The summed E-state index contributed by atoms with van der Waals surface area (Å²) in [5.74, 6) is -2.27. The fraction of sp³-hybridized carbons (Fsp3) is 0.176. The number of ketones is 1. The van der Waals surface area contributed by atoms with E-state index < -0.39 is 29.3 Å². The molecule has 120 valence electrons. The Kier molecular flexibility index (Phi) is 5.05. The number of rotatable bonds is 5. The predicted molar refractivity (Wildman–Crippen MR) is 81.5 cm³/mol. The highest BCUT2D eigenvalue weighted by Crippen LogP contribution is 2.20. The molecule has 0 fully saturated rings. The van der Waals surface area contributed by atoms with Gasteiger partial charge in [-0.2, -0.15) is 0 Å². The minimum absolute atomic E-state index is 0.138. The van der Waals surface area contributed by atoms with Crippen molar-refractivity contribution in [3.05, 3.63) is 59.7 Å². The molecule has 2 aromatic rings. The van der Waals surface area contributed by atoms with Gasteiger partial charge in [-0.25, -0.2) is 8.78 Å². The van der Waals surface area contributed by atoms with Gasteiger partial charge in [-0.1, -0.05) is 18.2 Å². The SMILES string of the molecule is CC(=O)c1cccc(O[C@H](C)C(=O)Nc2c(F)cccc2F)c1. The largest absolute Gasteiger partial charge is 0.481 e. The summed E-state index contributed by atoms with van der Waals surface area (Å²) in [6, 6.07) is 9.60. The maximum atomic E-state index is 13.5. The van der Waals surface area contributed by atoms with Crippen LogP contribution in [0.2, 0.25) is 0 Å². The molecular formula is C17H15F2NO3. The van der Waals surface area contributed by atoms with E-state index in [0.717, 1.165) is 12.1 Å². The summed E-state index contributed by atoms with van der Waals surface area (Å²) in [4.78, 5) is 23.3. The van der Waals surface area contributed by atoms with E-state index in [2.05, 4.69) is 5.32 Å². The molecule has 0 saturated carbocycles. The summed E-state index contributed by atoms with van der Waals surface area (Å²) in [6.45, 7) is 2.85. The van der Waals surface area contributed by atoms with Crippen molar-refractivity contribution in [2.24, 2.45) is 0 Å². The van der Waals surface area contributed by atoms with E-state index in [1.165, 1.54) is 26.0 Å². The molecule has 0 aromatic heterocycles. The van der Waals surface area contributed by atoms with Gasteiger partial charge < -0.3 is 10.1 Å². The molecule has 0 aliphatic heterocycles. The highest BCUT2D eigenvalue weighted by molar-refractivity contribution is 5.95. The van der Waals surface area contributed by atoms with Gasteiger partial charge in [-0.3, -0.25) is 9.59 Å². The van der Waals surface area contributed by atoms with E-state index >= 15 is 0 Å². The van der Waals surface area contributed by atoms with Gasteiger partial charge in [-0.05, 0) is 38.1 Å². The minimum atomic E-state index is -1.00. The molecule has 0 spiro atoms. The Morgan fingerprint density at radius 3 is 2.30 bits per heavy atom. The predicted octanol–water partition coefficient (Wildman–Crippen LogP) is 3.57. The first-order valence-electron chi connectivity index (χ1n) is 6.91. The number of benzene rings is 2. The van der Waals surface area contributed by atoms with Crippen molar-refractivity contribution in [1.29, 1.82) is 0 Å². The second kappa shape index (κ2) is 7.00. The summed E-state index contributed by atoms with van der Waals surface area (Å²) in [6.07, 6.45) is -1.00. The molecule has 0 radical (unpaired) electrons. The van der Waals surface area contributed by atoms with Crippen LogP contribution in [0.1, 0.15) is 24.2 Å². The molecule has 6 heteroatoms. The molecule has 0 saturated heterocycles. The summed E-state index contributed by atoms with van der Waals surface area (Å²) in [5.41, 5.74) is -0.0827. The first-order chi connectivity index (χ1) is 10.9. The molecule has 1 atom stereocenters. The van der Waals surface area contributed by atoms with E-state index in [1.54, 1.807) is 18.2 Å². The Labute approximate surface area is 132 Å². The maximum absolute atomic E-state index is 13.5. The van der Waals surface area contributed by atoms with E-state index in [4.69, 9.17) is 4.74 Å². The van der Waals surface area contributed by atoms with Crippen LogP contribution in [0.5, 0.6) is 5.75 Å². The lowest BCUT2D eigenvalue weighted by Crippen LogP contribution is -2.30. The smallest absolute Gasteiger partial charge is 0.265 e. The Hall–Kier alpha value is -2.76. The molecule has 1 amide bonds. The number of Topliss-reactive ketones (excluding diaryl/α,β-unsaturated/α-hetero) is 1. The number of carbonyl (C=O) groups is 2. The van der Waals surface area contributed by atoms with Crippen molar-refractivity contribution >= 4 is 17.4 Å². The van der Waals surface area contributed by atoms with Gasteiger partial charge in [0, 0.05) is 5.56 Å². The number of halogens is 2. The van der Waals surface area contributed by atoms with Crippen LogP contribution in [0.25, 0.3) is 0 Å². The van der Waals surface area contributed by atoms with Gasteiger partial charge >= 0.3 is 0 Å². The third-order valence-corrected chi connectivity index (χ3v) is 3.13. The fourth-order valence-corrected chi connectivity index (χ4v) is 1.89. The summed E-state index contributed by atoms with van der Waals surface area (Å²) in [7, 11) is 0. The van der Waals surface area contributed by atoms with Crippen LogP contribution in [0.15, 0.2) is 42.5 Å². The number of hydrogen-bond acceptors (Lipinski definition) is 3. The topological polar surface area (TPSA) is 55.4 Å². The lowest BCUT2D eigenvalue weighted by molar-refractivity contribution is -0.122. The summed E-state index contributed by atoms with van der Waals surface area (Å²) < 4.78 is 32.4. The zero-order valence-electron chi connectivity index (χ0n) is 12.6. The molecule has 0 aliphatic rings. The molecule has 2 aromatic carbocycles. The lowest BCUT2D eigenvalue weighted by Gasteiger charge is -2.15. The average molecular weight is 319 g/mol. The van der Waals surface area contributed by atoms with E-state index in [0.29, 0.717) is 11.3 Å². The third kappa shape index (κ3) is 4.12. The summed E-state index contributed by atoms with van der Waals surface area (Å²) in [5, 5.41) is 2.16.